The molecular formula is C9H16N2O3. The molecule has 0 saturated heterocycles. The van der Waals surface area contributed by atoms with Crippen molar-refractivity contribution in [2.24, 2.45) is 17.6 Å². The Kier molecular flexibility index (Phi) is 3.88. The average Bonchev–Trinajstić information content (AvgIpc) is 2.61. The number of carboxylic acids is 1. The molecule has 0 aliphatic heterocycles. The third kappa shape index (κ3) is 2.70. The van der Waals surface area contributed by atoms with E-state index in [-0.39, 0.29) is 24.3 Å². The van der Waals surface area contributed by atoms with Crippen LogP contribution in [0.25, 0.3) is 0 Å². The summed E-state index contributed by atoms with van der Waals surface area (Å²) in [6.07, 6.45) is 2.81. The van der Waals surface area contributed by atoms with Gasteiger partial charge in [-0.2, -0.15) is 0 Å². The largest absolute Gasteiger partial charge is 0.480 e. The van der Waals surface area contributed by atoms with Crippen LogP contribution in [0.1, 0.15) is 19.3 Å². The average molecular weight is 200 g/mol. The van der Waals surface area contributed by atoms with Crippen LogP contribution in [0.3, 0.4) is 0 Å². The molecular weight excluding hydrogens is 184 g/mol. The molecule has 14 heavy (non-hydrogen) atoms. The van der Waals surface area contributed by atoms with Crippen molar-refractivity contribution in [3.05, 3.63) is 0 Å². The standard InChI is InChI=1S/C9H16N2O3/c10-4-6-2-1-3-7(6)9(14)11-5-8(12)13/h6-7H,1-5,10H2,(H,11,14)(H,12,13). The summed E-state index contributed by atoms with van der Waals surface area (Å²) in [6, 6.07) is 0. The van der Waals surface area contributed by atoms with Crippen LogP contribution in [0.2, 0.25) is 0 Å². The van der Waals surface area contributed by atoms with Gasteiger partial charge in [0, 0.05) is 5.92 Å². The highest BCUT2D eigenvalue weighted by atomic mass is 16.4. The Labute approximate surface area is 82.7 Å². The molecule has 2 unspecified atom stereocenters. The van der Waals surface area contributed by atoms with E-state index in [0.29, 0.717) is 6.54 Å². The highest BCUT2D eigenvalue weighted by Gasteiger charge is 2.31. The second kappa shape index (κ2) is 4.95. The fourth-order valence-corrected chi connectivity index (χ4v) is 1.96. The first-order valence-corrected chi connectivity index (χ1v) is 4.84. The van der Waals surface area contributed by atoms with Crippen molar-refractivity contribution in [2.45, 2.75) is 19.3 Å². The zero-order valence-electron chi connectivity index (χ0n) is 8.03. The maximum Gasteiger partial charge on any atom is 0.322 e. The summed E-state index contributed by atoms with van der Waals surface area (Å²) in [4.78, 5) is 21.7. The van der Waals surface area contributed by atoms with Crippen LogP contribution in [-0.4, -0.2) is 30.1 Å². The van der Waals surface area contributed by atoms with E-state index in [2.05, 4.69) is 5.32 Å². The van der Waals surface area contributed by atoms with E-state index in [1.54, 1.807) is 0 Å². The molecule has 2 atom stereocenters. The summed E-state index contributed by atoms with van der Waals surface area (Å²) in [5, 5.41) is 10.8. The van der Waals surface area contributed by atoms with Gasteiger partial charge >= 0.3 is 5.97 Å². The van der Waals surface area contributed by atoms with Crippen LogP contribution >= 0.6 is 0 Å². The molecule has 1 aliphatic rings. The number of nitrogens with one attached hydrogen (secondary N) is 1. The lowest BCUT2D eigenvalue weighted by Crippen LogP contribution is -2.37. The maximum atomic E-state index is 11.5. The van der Waals surface area contributed by atoms with Gasteiger partial charge < -0.3 is 16.2 Å². The van der Waals surface area contributed by atoms with Gasteiger partial charge in [0.05, 0.1) is 0 Å². The lowest BCUT2D eigenvalue weighted by Gasteiger charge is -2.16. The Morgan fingerprint density at radius 3 is 2.71 bits per heavy atom. The van der Waals surface area contributed by atoms with Crippen molar-refractivity contribution >= 4 is 11.9 Å². The first kappa shape index (κ1) is 11.0. The number of carbonyl (C=O) groups is 2. The monoisotopic (exact) mass is 200 g/mol. The summed E-state index contributed by atoms with van der Waals surface area (Å²) < 4.78 is 0. The summed E-state index contributed by atoms with van der Waals surface area (Å²) in [5.41, 5.74) is 5.52. The fourth-order valence-electron chi connectivity index (χ4n) is 1.96. The second-order valence-corrected chi connectivity index (χ2v) is 3.64. The van der Waals surface area contributed by atoms with Gasteiger partial charge in [-0.1, -0.05) is 6.42 Å². The van der Waals surface area contributed by atoms with Gasteiger partial charge in [0.25, 0.3) is 0 Å². The third-order valence-corrected chi connectivity index (χ3v) is 2.71. The first-order valence-electron chi connectivity index (χ1n) is 4.84. The molecule has 0 spiro atoms. The normalized spacial score (nSPS) is 26.1. The molecule has 1 fully saturated rings. The molecule has 0 aromatic heterocycles. The minimum Gasteiger partial charge on any atom is -0.480 e. The molecule has 1 saturated carbocycles. The van der Waals surface area contributed by atoms with E-state index in [1.165, 1.54) is 0 Å². The molecule has 1 amide bonds. The smallest absolute Gasteiger partial charge is 0.322 e. The van der Waals surface area contributed by atoms with Crippen LogP contribution in [0, 0.1) is 11.8 Å². The lowest BCUT2D eigenvalue weighted by atomic mass is 9.95. The topological polar surface area (TPSA) is 92.4 Å². The molecule has 0 aromatic carbocycles. The van der Waals surface area contributed by atoms with Crippen LogP contribution < -0.4 is 11.1 Å². The van der Waals surface area contributed by atoms with Crippen molar-refractivity contribution in [2.75, 3.05) is 13.1 Å². The predicted octanol–water partition coefficient (Wildman–Crippen LogP) is -0.438. The minimum absolute atomic E-state index is 0.0839. The van der Waals surface area contributed by atoms with Gasteiger partial charge in [-0.05, 0) is 25.3 Å². The molecule has 80 valence electrons. The van der Waals surface area contributed by atoms with Crippen molar-refractivity contribution in [3.63, 3.8) is 0 Å². The summed E-state index contributed by atoms with van der Waals surface area (Å²) in [6.45, 7) is 0.206. The second-order valence-electron chi connectivity index (χ2n) is 3.64. The van der Waals surface area contributed by atoms with E-state index in [0.717, 1.165) is 19.3 Å². The van der Waals surface area contributed by atoms with Crippen LogP contribution in [0.4, 0.5) is 0 Å². The Balaban J connectivity index is 2.39. The van der Waals surface area contributed by atoms with E-state index < -0.39 is 5.97 Å². The molecule has 0 heterocycles. The number of nitrogens with two attached hydrogens (primary N) is 1. The quantitative estimate of drug-likeness (QED) is 0.573. The molecule has 0 aromatic rings. The fraction of sp³-hybridized carbons (Fsp3) is 0.778. The zero-order valence-corrected chi connectivity index (χ0v) is 8.03. The Hall–Kier alpha value is -1.10. The first-order chi connectivity index (χ1) is 6.65. The summed E-state index contributed by atoms with van der Waals surface area (Å²) in [5.74, 6) is -1.04. The Morgan fingerprint density at radius 1 is 1.43 bits per heavy atom. The lowest BCUT2D eigenvalue weighted by molar-refractivity contribution is -0.138. The molecule has 5 nitrogen and oxygen atoms in total. The molecule has 5 heteroatoms. The summed E-state index contributed by atoms with van der Waals surface area (Å²) in [7, 11) is 0. The summed E-state index contributed by atoms with van der Waals surface area (Å²) >= 11 is 0. The van der Waals surface area contributed by atoms with Gasteiger partial charge in [-0.3, -0.25) is 9.59 Å². The van der Waals surface area contributed by atoms with Gasteiger partial charge in [0.1, 0.15) is 6.54 Å². The SMILES string of the molecule is NCC1CCCC1C(=O)NCC(=O)O. The molecule has 1 rings (SSSR count). The Bertz CT molecular complexity index is 230. The van der Waals surface area contributed by atoms with E-state index in [9.17, 15) is 9.59 Å². The zero-order chi connectivity index (χ0) is 10.6. The third-order valence-electron chi connectivity index (χ3n) is 2.71. The number of carboxylic acid groups (broad SMARTS) is 1. The number of aliphatic carboxylic acids is 1. The predicted molar refractivity (Wildman–Crippen MR) is 50.5 cm³/mol. The highest BCUT2D eigenvalue weighted by Crippen LogP contribution is 2.30. The van der Waals surface area contributed by atoms with Crippen molar-refractivity contribution in [1.29, 1.82) is 0 Å². The van der Waals surface area contributed by atoms with Gasteiger partial charge in [0.15, 0.2) is 0 Å². The number of carbonyl (C=O) groups excluding carboxylic acids is 1. The number of rotatable bonds is 4. The maximum absolute atomic E-state index is 11.5. The minimum atomic E-state index is -1.01. The van der Waals surface area contributed by atoms with Crippen molar-refractivity contribution < 1.29 is 14.7 Å². The number of hydrogen-bond acceptors (Lipinski definition) is 3. The molecule has 4 N–H and O–H groups in total. The highest BCUT2D eigenvalue weighted by molar-refractivity contribution is 5.83. The van der Waals surface area contributed by atoms with Crippen LogP contribution in [0.15, 0.2) is 0 Å². The van der Waals surface area contributed by atoms with Crippen LogP contribution in [0.5, 0.6) is 0 Å². The number of amides is 1. The van der Waals surface area contributed by atoms with Gasteiger partial charge in [-0.25, -0.2) is 0 Å². The van der Waals surface area contributed by atoms with Crippen LogP contribution in [-0.2, 0) is 9.59 Å². The van der Waals surface area contributed by atoms with Crippen molar-refractivity contribution in [3.8, 4) is 0 Å². The van der Waals surface area contributed by atoms with E-state index in [1.807, 2.05) is 0 Å². The van der Waals surface area contributed by atoms with Gasteiger partial charge in [0.2, 0.25) is 5.91 Å². The van der Waals surface area contributed by atoms with E-state index >= 15 is 0 Å². The number of hydrogen-bond donors (Lipinski definition) is 3. The van der Waals surface area contributed by atoms with Gasteiger partial charge in [-0.15, -0.1) is 0 Å². The van der Waals surface area contributed by atoms with E-state index in [4.69, 9.17) is 10.8 Å². The molecule has 0 bridgehead atoms. The molecule has 1 aliphatic carbocycles. The Morgan fingerprint density at radius 2 is 2.14 bits per heavy atom. The van der Waals surface area contributed by atoms with Crippen molar-refractivity contribution in [1.82, 2.24) is 5.32 Å². The molecule has 0 radical (unpaired) electrons.